The van der Waals surface area contributed by atoms with E-state index < -0.39 is 97.5 Å². The van der Waals surface area contributed by atoms with E-state index in [4.69, 9.17) is 37.0 Å². The van der Waals surface area contributed by atoms with Gasteiger partial charge in [0.05, 0.1) is 26.4 Å². The molecule has 19 heteroatoms. The molecule has 0 aromatic carbocycles. The summed E-state index contributed by atoms with van der Waals surface area (Å²) in [5.41, 5.74) is 0. The number of aliphatic hydroxyl groups excluding tert-OH is 1. The van der Waals surface area contributed by atoms with E-state index in [0.29, 0.717) is 38.5 Å². The zero-order valence-electron chi connectivity index (χ0n) is 64.3. The molecule has 588 valence electrons. The van der Waals surface area contributed by atoms with Crippen LogP contribution in [0.5, 0.6) is 0 Å². The molecule has 0 spiro atoms. The lowest BCUT2D eigenvalue weighted by Gasteiger charge is -2.21. The van der Waals surface area contributed by atoms with Gasteiger partial charge in [-0.05, 0) is 128 Å². The molecule has 0 aliphatic rings. The van der Waals surface area contributed by atoms with Gasteiger partial charge in [-0.1, -0.05) is 291 Å². The number of ether oxygens (including phenoxy) is 4. The van der Waals surface area contributed by atoms with Crippen LogP contribution >= 0.6 is 15.6 Å². The van der Waals surface area contributed by atoms with Gasteiger partial charge in [0, 0.05) is 25.7 Å². The number of hydrogen-bond donors (Lipinski definition) is 3. The molecule has 0 saturated heterocycles. The highest BCUT2D eigenvalue weighted by atomic mass is 31.2. The molecule has 0 bridgehead atoms. The maximum atomic E-state index is 13.1. The van der Waals surface area contributed by atoms with E-state index in [1.165, 1.54) is 135 Å². The number of phosphoric ester groups is 2. The SMILES string of the molecule is CCCCC/C=C\C/C=C\C/C=C\C/C=C\CCCC(=O)O[C@H](COC(=O)CCCCCCCCC/C=C\CCCCCC)COP(=O)(O)OC[C@@H](O)COP(=O)(O)OC[C@@H](COC(=O)CCCCCCCCCCCCCCC)OC(=O)CCC/C=C\C/C=C\C/C=C\C/C=C\CCCCC. The molecule has 0 aromatic heterocycles. The summed E-state index contributed by atoms with van der Waals surface area (Å²) in [7, 11) is -9.99. The molecular formula is C83H144O17P2. The number of esters is 4. The van der Waals surface area contributed by atoms with E-state index in [0.717, 1.165) is 109 Å². The minimum Gasteiger partial charge on any atom is -0.462 e. The molecule has 0 heterocycles. The molecular weight excluding hydrogens is 1330 g/mol. The lowest BCUT2D eigenvalue weighted by atomic mass is 10.0. The van der Waals surface area contributed by atoms with Crippen LogP contribution in [0, 0.1) is 0 Å². The van der Waals surface area contributed by atoms with Crippen LogP contribution in [0.3, 0.4) is 0 Å². The first kappa shape index (κ1) is 97.7. The molecule has 17 nitrogen and oxygen atoms in total. The smallest absolute Gasteiger partial charge is 0.462 e. The number of carbonyl (C=O) groups excluding carboxylic acids is 4. The monoisotopic (exact) mass is 1470 g/mol. The van der Waals surface area contributed by atoms with E-state index in [1.807, 2.05) is 24.3 Å². The number of aliphatic hydroxyl groups is 1. The highest BCUT2D eigenvalue weighted by molar-refractivity contribution is 7.47. The van der Waals surface area contributed by atoms with E-state index in [2.05, 4.69) is 113 Å². The topological polar surface area (TPSA) is 237 Å². The molecule has 0 aliphatic carbocycles. The summed E-state index contributed by atoms with van der Waals surface area (Å²) in [5, 5.41) is 10.6. The summed E-state index contributed by atoms with van der Waals surface area (Å²) in [5.74, 6) is -2.30. The quantitative estimate of drug-likeness (QED) is 0.0169. The second kappa shape index (κ2) is 75.0. The van der Waals surface area contributed by atoms with Crippen molar-refractivity contribution in [2.24, 2.45) is 0 Å². The normalized spacial score (nSPS) is 14.5. The highest BCUT2D eigenvalue weighted by Crippen LogP contribution is 2.45. The van der Waals surface area contributed by atoms with E-state index in [1.54, 1.807) is 0 Å². The fourth-order valence-corrected chi connectivity index (χ4v) is 12.1. The van der Waals surface area contributed by atoms with Crippen molar-refractivity contribution in [2.45, 2.75) is 354 Å². The Morgan fingerprint density at radius 2 is 0.490 bits per heavy atom. The molecule has 3 N–H and O–H groups in total. The van der Waals surface area contributed by atoms with Crippen molar-refractivity contribution >= 4 is 39.5 Å². The van der Waals surface area contributed by atoms with Crippen LogP contribution < -0.4 is 0 Å². The molecule has 0 fully saturated rings. The van der Waals surface area contributed by atoms with E-state index >= 15 is 0 Å². The third-order valence-electron chi connectivity index (χ3n) is 16.7. The predicted molar refractivity (Wildman–Crippen MR) is 418 cm³/mol. The Balaban J connectivity index is 5.45. The van der Waals surface area contributed by atoms with Crippen LogP contribution in [-0.2, 0) is 65.4 Å². The zero-order valence-corrected chi connectivity index (χ0v) is 66.0. The van der Waals surface area contributed by atoms with Gasteiger partial charge in [-0.15, -0.1) is 0 Å². The number of hydrogen-bond acceptors (Lipinski definition) is 15. The molecule has 0 aromatic rings. The third kappa shape index (κ3) is 74.0. The first-order chi connectivity index (χ1) is 49.7. The van der Waals surface area contributed by atoms with Crippen molar-refractivity contribution < 1.29 is 80.2 Å². The average Bonchev–Trinajstić information content (AvgIpc) is 0.966. The standard InChI is InChI=1S/C83H144O17P2/c1-5-9-13-17-21-25-29-33-36-38-41-45-49-53-57-61-65-69-82(87)99-78(73-93-80(85)67-63-59-55-51-47-43-32-28-24-20-16-12-8-4)75-97-101(89,90)95-71-77(84)72-96-102(91,92)98-76-79(74-94-81(86)68-64-60-56-52-48-44-40-35-31-27-23-19-15-11-7-3)100-83(88)70-66-62-58-54-50-46-42-39-37-34-30-26-22-18-14-10-6-2/h21-22,25-27,31,33-34,36-37,41-42,45-46,53-54,57-58,77-79,84H,5-20,23-24,28-30,32,35,38-40,43-44,47-52,55-56,59-76H2,1-4H3,(H,89,90)(H,91,92)/b25-21-,26-22-,31-27-,36-33-,37-34-,45-41-,46-42-,57-53-,58-54-/t77-,78+,79+/m0/s1. The van der Waals surface area contributed by atoms with Crippen LogP contribution in [0.15, 0.2) is 109 Å². The third-order valence-corrected chi connectivity index (χ3v) is 18.6. The number of carbonyl (C=O) groups is 4. The Hall–Kier alpha value is -4.28. The van der Waals surface area contributed by atoms with Gasteiger partial charge in [-0.25, -0.2) is 9.13 Å². The van der Waals surface area contributed by atoms with Crippen LogP contribution in [0.2, 0.25) is 0 Å². The Labute approximate surface area is 619 Å². The largest absolute Gasteiger partial charge is 0.472 e. The van der Waals surface area contributed by atoms with E-state index in [-0.39, 0.29) is 25.7 Å². The van der Waals surface area contributed by atoms with Gasteiger partial charge >= 0.3 is 39.5 Å². The van der Waals surface area contributed by atoms with Crippen molar-refractivity contribution in [1.82, 2.24) is 0 Å². The van der Waals surface area contributed by atoms with Crippen LogP contribution in [-0.4, -0.2) is 96.7 Å². The summed E-state index contributed by atoms with van der Waals surface area (Å²) < 4.78 is 68.5. The molecule has 0 amide bonds. The Morgan fingerprint density at radius 1 is 0.275 bits per heavy atom. The van der Waals surface area contributed by atoms with E-state index in [9.17, 15) is 43.2 Å². The molecule has 102 heavy (non-hydrogen) atoms. The number of allylic oxidation sites excluding steroid dienone is 18. The molecule has 0 saturated carbocycles. The summed E-state index contributed by atoms with van der Waals surface area (Å²) >= 11 is 0. The second-order valence-electron chi connectivity index (χ2n) is 26.7. The average molecular weight is 1480 g/mol. The lowest BCUT2D eigenvalue weighted by Crippen LogP contribution is -2.30. The highest BCUT2D eigenvalue weighted by Gasteiger charge is 2.30. The van der Waals surface area contributed by atoms with Gasteiger partial charge in [0.2, 0.25) is 0 Å². The van der Waals surface area contributed by atoms with Gasteiger partial charge in [0.25, 0.3) is 0 Å². The minimum atomic E-state index is -5.00. The molecule has 0 aliphatic heterocycles. The first-order valence-electron chi connectivity index (χ1n) is 40.1. The molecule has 0 radical (unpaired) electrons. The second-order valence-corrected chi connectivity index (χ2v) is 29.6. The Morgan fingerprint density at radius 3 is 0.804 bits per heavy atom. The maximum absolute atomic E-state index is 13.1. The van der Waals surface area contributed by atoms with Gasteiger partial charge in [0.1, 0.15) is 19.3 Å². The minimum absolute atomic E-state index is 0.0167. The number of phosphoric acid groups is 2. The van der Waals surface area contributed by atoms with Crippen LogP contribution in [0.4, 0.5) is 0 Å². The van der Waals surface area contributed by atoms with Gasteiger partial charge < -0.3 is 33.8 Å². The van der Waals surface area contributed by atoms with Crippen molar-refractivity contribution in [3.8, 4) is 0 Å². The van der Waals surface area contributed by atoms with Crippen molar-refractivity contribution in [2.75, 3.05) is 39.6 Å². The maximum Gasteiger partial charge on any atom is 0.472 e. The summed E-state index contributed by atoms with van der Waals surface area (Å²) in [6.45, 7) is 4.71. The predicted octanol–water partition coefficient (Wildman–Crippen LogP) is 23.3. The Bertz CT molecular complexity index is 2360. The van der Waals surface area contributed by atoms with Crippen molar-refractivity contribution in [1.29, 1.82) is 0 Å². The molecule has 2 unspecified atom stereocenters. The summed E-state index contributed by atoms with van der Waals surface area (Å²) in [6, 6.07) is 0. The zero-order chi connectivity index (χ0) is 74.6. The molecule has 5 atom stereocenters. The van der Waals surface area contributed by atoms with Crippen molar-refractivity contribution in [3.05, 3.63) is 109 Å². The first-order valence-corrected chi connectivity index (χ1v) is 43.1. The lowest BCUT2D eigenvalue weighted by molar-refractivity contribution is -0.161. The summed E-state index contributed by atoms with van der Waals surface area (Å²) in [4.78, 5) is 72.9. The van der Waals surface area contributed by atoms with Gasteiger partial charge in [-0.2, -0.15) is 0 Å². The van der Waals surface area contributed by atoms with Crippen LogP contribution in [0.25, 0.3) is 0 Å². The fourth-order valence-electron chi connectivity index (χ4n) is 10.6. The molecule has 0 rings (SSSR count). The summed E-state index contributed by atoms with van der Waals surface area (Å²) in [6.07, 6.45) is 80.8. The number of rotatable bonds is 75. The van der Waals surface area contributed by atoms with Gasteiger partial charge in [-0.3, -0.25) is 37.3 Å². The van der Waals surface area contributed by atoms with Crippen LogP contribution in [0.1, 0.15) is 336 Å². The van der Waals surface area contributed by atoms with Gasteiger partial charge in [0.15, 0.2) is 12.2 Å². The van der Waals surface area contributed by atoms with Crippen molar-refractivity contribution in [3.63, 3.8) is 0 Å². The fraction of sp³-hybridized carbons (Fsp3) is 0.735. The Kier molecular flexibility index (Phi) is 71.8. The number of unbranched alkanes of at least 4 members (excludes halogenated alkanes) is 31.